The lowest BCUT2D eigenvalue weighted by Gasteiger charge is -2.23. The van der Waals surface area contributed by atoms with Crippen molar-refractivity contribution in [2.75, 3.05) is 18.4 Å². The molecular formula is C19H28N6O. The van der Waals surface area contributed by atoms with E-state index in [-0.39, 0.29) is 11.9 Å². The van der Waals surface area contributed by atoms with Crippen LogP contribution in [-0.4, -0.2) is 43.2 Å². The fraction of sp³-hybridized carbons (Fsp3) is 0.632. The molecule has 0 radical (unpaired) electrons. The second-order valence-corrected chi connectivity index (χ2v) is 7.60. The number of anilines is 1. The molecule has 0 bridgehead atoms. The van der Waals surface area contributed by atoms with Crippen molar-refractivity contribution in [2.45, 2.75) is 51.5 Å². The van der Waals surface area contributed by atoms with E-state index in [1.165, 1.54) is 24.2 Å². The molecule has 1 aliphatic heterocycles. The van der Waals surface area contributed by atoms with Gasteiger partial charge >= 0.3 is 0 Å². The summed E-state index contributed by atoms with van der Waals surface area (Å²) in [6, 6.07) is 2.14. The van der Waals surface area contributed by atoms with Gasteiger partial charge in [0, 0.05) is 25.9 Å². The van der Waals surface area contributed by atoms with Crippen LogP contribution in [0.4, 0.5) is 5.82 Å². The molecule has 0 aromatic carbocycles. The summed E-state index contributed by atoms with van der Waals surface area (Å²) in [4.78, 5) is 19.8. The van der Waals surface area contributed by atoms with Gasteiger partial charge in [0.15, 0.2) is 0 Å². The highest BCUT2D eigenvalue weighted by Crippen LogP contribution is 2.33. The number of imidazole rings is 1. The lowest BCUT2D eigenvalue weighted by Crippen LogP contribution is -2.34. The van der Waals surface area contributed by atoms with Crippen LogP contribution in [-0.2, 0) is 31.7 Å². The molecule has 1 atom stereocenters. The molecule has 0 spiro atoms. The zero-order chi connectivity index (χ0) is 18.3. The van der Waals surface area contributed by atoms with Crippen molar-refractivity contribution in [3.63, 3.8) is 0 Å². The van der Waals surface area contributed by atoms with E-state index in [0.29, 0.717) is 6.54 Å². The Bertz CT molecular complexity index is 820. The number of likely N-dealkylation sites (tertiary alicyclic amines) is 1. The Balaban J connectivity index is 1.48. The summed E-state index contributed by atoms with van der Waals surface area (Å²) in [5.41, 5.74) is 3.57. The summed E-state index contributed by atoms with van der Waals surface area (Å²) >= 11 is 0. The van der Waals surface area contributed by atoms with Crippen LogP contribution in [0.3, 0.4) is 0 Å². The van der Waals surface area contributed by atoms with Gasteiger partial charge in [-0.05, 0) is 52.0 Å². The van der Waals surface area contributed by atoms with Crippen molar-refractivity contribution in [3.8, 4) is 0 Å². The van der Waals surface area contributed by atoms with Gasteiger partial charge in [-0.25, -0.2) is 4.98 Å². The van der Waals surface area contributed by atoms with E-state index in [0.717, 1.165) is 49.6 Å². The molecule has 2 aliphatic rings. The molecule has 2 aromatic heterocycles. The molecule has 0 saturated carbocycles. The van der Waals surface area contributed by atoms with Crippen molar-refractivity contribution in [1.82, 2.24) is 24.2 Å². The topological polar surface area (TPSA) is 68.0 Å². The largest absolute Gasteiger partial charge is 0.334 e. The number of nitrogens with zero attached hydrogens (tertiary/aromatic N) is 5. The van der Waals surface area contributed by atoms with E-state index >= 15 is 0 Å². The highest BCUT2D eigenvalue weighted by molar-refractivity contribution is 5.91. The molecule has 1 amide bonds. The minimum atomic E-state index is 0.0128. The molecule has 7 heteroatoms. The highest BCUT2D eigenvalue weighted by atomic mass is 16.2. The predicted molar refractivity (Wildman–Crippen MR) is 100.0 cm³/mol. The standard InChI is InChI=1S/C19H28N6O/c1-13-11-17(24(3)22-13)21-18(26)12-25-10-6-9-16(25)19-20-14-7-4-5-8-15(14)23(19)2/h11,16H,4-10,12H2,1-3H3,(H,21,26). The minimum absolute atomic E-state index is 0.0128. The SMILES string of the molecule is Cc1cc(NC(=O)CN2CCCC2c2nc3c(n2C)CCCC3)n(C)n1. The van der Waals surface area contributed by atoms with E-state index in [2.05, 4.69) is 26.9 Å². The van der Waals surface area contributed by atoms with Crippen molar-refractivity contribution in [2.24, 2.45) is 14.1 Å². The minimum Gasteiger partial charge on any atom is -0.334 e. The average molecular weight is 356 g/mol. The van der Waals surface area contributed by atoms with Gasteiger partial charge < -0.3 is 9.88 Å². The maximum atomic E-state index is 12.6. The fourth-order valence-electron chi connectivity index (χ4n) is 4.41. The number of nitrogens with one attached hydrogen (secondary N) is 1. The fourth-order valence-corrected chi connectivity index (χ4v) is 4.41. The Hall–Kier alpha value is -2.15. The van der Waals surface area contributed by atoms with Crippen LogP contribution in [0.15, 0.2) is 6.07 Å². The van der Waals surface area contributed by atoms with Crippen molar-refractivity contribution in [1.29, 1.82) is 0 Å². The molecule has 140 valence electrons. The van der Waals surface area contributed by atoms with Gasteiger partial charge in [0.1, 0.15) is 11.6 Å². The Labute approximate surface area is 154 Å². The summed E-state index contributed by atoms with van der Waals surface area (Å²) < 4.78 is 4.00. The Morgan fingerprint density at radius 3 is 2.81 bits per heavy atom. The first-order valence-corrected chi connectivity index (χ1v) is 9.62. The Morgan fingerprint density at radius 2 is 2.08 bits per heavy atom. The van der Waals surface area contributed by atoms with Gasteiger partial charge in [0.05, 0.1) is 24.0 Å². The molecule has 1 N–H and O–H groups in total. The lowest BCUT2D eigenvalue weighted by atomic mass is 10.0. The maximum absolute atomic E-state index is 12.6. The van der Waals surface area contributed by atoms with E-state index < -0.39 is 0 Å². The number of amides is 1. The van der Waals surface area contributed by atoms with Crippen LogP contribution in [0.2, 0.25) is 0 Å². The second kappa shape index (κ2) is 6.87. The quantitative estimate of drug-likeness (QED) is 0.911. The van der Waals surface area contributed by atoms with E-state index in [1.807, 2.05) is 20.0 Å². The molecule has 3 heterocycles. The first-order chi connectivity index (χ1) is 12.5. The van der Waals surface area contributed by atoms with Gasteiger partial charge in [-0.1, -0.05) is 0 Å². The molecule has 1 unspecified atom stereocenters. The van der Waals surface area contributed by atoms with Crippen molar-refractivity contribution < 1.29 is 4.79 Å². The zero-order valence-corrected chi connectivity index (χ0v) is 16.0. The number of aromatic nitrogens is 4. The van der Waals surface area contributed by atoms with E-state index in [4.69, 9.17) is 4.98 Å². The van der Waals surface area contributed by atoms with Gasteiger partial charge in [-0.2, -0.15) is 5.10 Å². The van der Waals surface area contributed by atoms with Crippen LogP contribution in [0.25, 0.3) is 0 Å². The number of hydrogen-bond donors (Lipinski definition) is 1. The average Bonchev–Trinajstić information content (AvgIpc) is 3.27. The third-order valence-corrected chi connectivity index (χ3v) is 5.69. The third-order valence-electron chi connectivity index (χ3n) is 5.69. The first-order valence-electron chi connectivity index (χ1n) is 9.62. The first kappa shape index (κ1) is 17.3. The van der Waals surface area contributed by atoms with Crippen LogP contribution < -0.4 is 5.32 Å². The van der Waals surface area contributed by atoms with Crippen molar-refractivity contribution in [3.05, 3.63) is 29.0 Å². The maximum Gasteiger partial charge on any atom is 0.239 e. The third kappa shape index (κ3) is 3.16. The summed E-state index contributed by atoms with van der Waals surface area (Å²) in [5, 5.41) is 7.27. The summed E-state index contributed by atoms with van der Waals surface area (Å²) in [7, 11) is 3.99. The normalized spacial score (nSPS) is 20.3. The molecule has 1 aliphatic carbocycles. The lowest BCUT2D eigenvalue weighted by molar-refractivity contribution is -0.117. The number of fused-ring (bicyclic) bond motifs is 1. The summed E-state index contributed by atoms with van der Waals surface area (Å²) in [6.07, 6.45) is 6.90. The van der Waals surface area contributed by atoms with Gasteiger partial charge in [-0.15, -0.1) is 0 Å². The monoisotopic (exact) mass is 356 g/mol. The molecule has 2 aromatic rings. The number of hydrogen-bond acceptors (Lipinski definition) is 4. The summed E-state index contributed by atoms with van der Waals surface area (Å²) in [6.45, 7) is 3.27. The Morgan fingerprint density at radius 1 is 1.27 bits per heavy atom. The number of rotatable bonds is 4. The Kier molecular flexibility index (Phi) is 4.56. The van der Waals surface area contributed by atoms with Crippen molar-refractivity contribution >= 4 is 11.7 Å². The second-order valence-electron chi connectivity index (χ2n) is 7.60. The van der Waals surface area contributed by atoms with Gasteiger partial charge in [0.25, 0.3) is 0 Å². The van der Waals surface area contributed by atoms with Crippen LogP contribution in [0.1, 0.15) is 54.6 Å². The smallest absolute Gasteiger partial charge is 0.239 e. The molecular weight excluding hydrogens is 328 g/mol. The number of carbonyl (C=O) groups is 1. The molecule has 26 heavy (non-hydrogen) atoms. The van der Waals surface area contributed by atoms with Crippen LogP contribution in [0.5, 0.6) is 0 Å². The molecule has 1 fully saturated rings. The van der Waals surface area contributed by atoms with E-state index in [1.54, 1.807) is 4.68 Å². The molecule has 1 saturated heterocycles. The summed E-state index contributed by atoms with van der Waals surface area (Å²) in [5.74, 6) is 1.90. The van der Waals surface area contributed by atoms with E-state index in [9.17, 15) is 4.79 Å². The van der Waals surface area contributed by atoms with Crippen LogP contribution >= 0.6 is 0 Å². The van der Waals surface area contributed by atoms with Crippen LogP contribution in [0, 0.1) is 6.92 Å². The zero-order valence-electron chi connectivity index (χ0n) is 16.0. The van der Waals surface area contributed by atoms with Gasteiger partial charge in [-0.3, -0.25) is 14.4 Å². The molecule has 4 rings (SSSR count). The molecule has 7 nitrogen and oxygen atoms in total. The highest BCUT2D eigenvalue weighted by Gasteiger charge is 2.32. The number of carbonyl (C=O) groups excluding carboxylic acids is 1. The number of aryl methyl sites for hydroxylation is 3. The predicted octanol–water partition coefficient (Wildman–Crippen LogP) is 2.12. The van der Waals surface area contributed by atoms with Gasteiger partial charge in [0.2, 0.25) is 5.91 Å².